The third-order valence-corrected chi connectivity index (χ3v) is 1.64. The summed E-state index contributed by atoms with van der Waals surface area (Å²) in [5.74, 6) is 5.43. The minimum Gasteiger partial charge on any atom is -0.326 e. The lowest BCUT2D eigenvalue weighted by atomic mass is 10.5. The van der Waals surface area contributed by atoms with Crippen LogP contribution < -0.4 is 0 Å². The first-order valence-electron chi connectivity index (χ1n) is 4.27. The van der Waals surface area contributed by atoms with Crippen molar-refractivity contribution in [3.63, 3.8) is 0 Å². The molecule has 0 aromatic carbocycles. The molecule has 0 bridgehead atoms. The molecular formula is C10H7FN4. The standard InChI is InChI=1S/C10H7FN4/c11-9-6-13-10(14-7-9)2-1-4-15-5-3-12-8-15/h3,5-8H,4H2. The monoisotopic (exact) mass is 202 g/mol. The molecule has 0 unspecified atom stereocenters. The van der Waals surface area contributed by atoms with Crippen molar-refractivity contribution in [1.82, 2.24) is 19.5 Å². The number of nitrogens with zero attached hydrogens (tertiary/aromatic N) is 4. The van der Waals surface area contributed by atoms with Gasteiger partial charge in [0.2, 0.25) is 5.82 Å². The van der Waals surface area contributed by atoms with E-state index in [0.717, 1.165) is 12.4 Å². The minimum atomic E-state index is -0.463. The van der Waals surface area contributed by atoms with Crippen LogP contribution in [-0.2, 0) is 6.54 Å². The molecule has 2 heterocycles. The maximum atomic E-state index is 12.4. The molecule has 0 saturated carbocycles. The van der Waals surface area contributed by atoms with Crippen LogP contribution >= 0.6 is 0 Å². The van der Waals surface area contributed by atoms with Crippen molar-refractivity contribution < 1.29 is 4.39 Å². The number of hydrogen-bond acceptors (Lipinski definition) is 3. The maximum absolute atomic E-state index is 12.4. The molecule has 0 fully saturated rings. The lowest BCUT2D eigenvalue weighted by molar-refractivity contribution is 0.612. The zero-order chi connectivity index (χ0) is 10.5. The average Bonchev–Trinajstić information content (AvgIpc) is 2.74. The molecule has 0 radical (unpaired) electrons. The highest BCUT2D eigenvalue weighted by molar-refractivity contribution is 5.19. The highest BCUT2D eigenvalue weighted by Crippen LogP contribution is 1.91. The van der Waals surface area contributed by atoms with E-state index in [1.807, 2.05) is 4.57 Å². The Hall–Kier alpha value is -2.22. The fraction of sp³-hybridized carbons (Fsp3) is 0.100. The normalized spacial score (nSPS) is 9.40. The quantitative estimate of drug-likeness (QED) is 0.644. The van der Waals surface area contributed by atoms with Crippen molar-refractivity contribution in [3.05, 3.63) is 42.8 Å². The summed E-state index contributed by atoms with van der Waals surface area (Å²) >= 11 is 0. The molecule has 0 spiro atoms. The lowest BCUT2D eigenvalue weighted by Crippen LogP contribution is -1.92. The Morgan fingerprint density at radius 3 is 2.80 bits per heavy atom. The summed E-state index contributed by atoms with van der Waals surface area (Å²) in [6.45, 7) is 0.515. The van der Waals surface area contributed by atoms with Gasteiger partial charge in [-0.15, -0.1) is 0 Å². The molecule has 15 heavy (non-hydrogen) atoms. The van der Waals surface area contributed by atoms with E-state index < -0.39 is 5.82 Å². The van der Waals surface area contributed by atoms with Crippen LogP contribution in [-0.4, -0.2) is 19.5 Å². The number of halogens is 1. The SMILES string of the molecule is Fc1cnc(C#CCn2ccnc2)nc1. The van der Waals surface area contributed by atoms with E-state index in [2.05, 4.69) is 26.8 Å². The van der Waals surface area contributed by atoms with Crippen LogP contribution in [0.4, 0.5) is 4.39 Å². The third-order valence-electron chi connectivity index (χ3n) is 1.64. The molecule has 0 atom stereocenters. The fourth-order valence-electron chi connectivity index (χ4n) is 0.967. The summed E-state index contributed by atoms with van der Waals surface area (Å²) < 4.78 is 14.3. The molecule has 74 valence electrons. The van der Waals surface area contributed by atoms with Gasteiger partial charge in [0.15, 0.2) is 5.82 Å². The van der Waals surface area contributed by atoms with Crippen molar-refractivity contribution in [2.45, 2.75) is 6.54 Å². The van der Waals surface area contributed by atoms with Crippen LogP contribution in [0.25, 0.3) is 0 Å². The Balaban J connectivity index is 2.03. The van der Waals surface area contributed by atoms with Gasteiger partial charge < -0.3 is 4.57 Å². The van der Waals surface area contributed by atoms with E-state index in [1.54, 1.807) is 18.7 Å². The van der Waals surface area contributed by atoms with Gasteiger partial charge >= 0.3 is 0 Å². The largest absolute Gasteiger partial charge is 0.326 e. The van der Waals surface area contributed by atoms with Crippen LogP contribution in [0.1, 0.15) is 5.82 Å². The summed E-state index contributed by atoms with van der Waals surface area (Å²) in [5, 5.41) is 0. The predicted molar refractivity (Wildman–Crippen MR) is 51.1 cm³/mol. The van der Waals surface area contributed by atoms with Gasteiger partial charge in [0.05, 0.1) is 25.3 Å². The molecule has 4 nitrogen and oxygen atoms in total. The van der Waals surface area contributed by atoms with Crippen LogP contribution in [0.15, 0.2) is 31.1 Å². The summed E-state index contributed by atoms with van der Waals surface area (Å²) in [7, 11) is 0. The number of rotatable bonds is 1. The van der Waals surface area contributed by atoms with Crippen LogP contribution in [0.2, 0.25) is 0 Å². The van der Waals surface area contributed by atoms with Crippen LogP contribution in [0.5, 0.6) is 0 Å². The van der Waals surface area contributed by atoms with E-state index in [1.165, 1.54) is 0 Å². The Kier molecular flexibility index (Phi) is 2.70. The van der Waals surface area contributed by atoms with Crippen molar-refractivity contribution in [3.8, 4) is 11.8 Å². The number of hydrogen-bond donors (Lipinski definition) is 0. The Morgan fingerprint density at radius 1 is 1.33 bits per heavy atom. The first-order chi connectivity index (χ1) is 7.34. The van der Waals surface area contributed by atoms with Gasteiger partial charge in [0.1, 0.15) is 0 Å². The number of aromatic nitrogens is 4. The van der Waals surface area contributed by atoms with E-state index in [0.29, 0.717) is 12.4 Å². The zero-order valence-electron chi connectivity index (χ0n) is 7.76. The Labute approximate surface area is 85.8 Å². The Bertz CT molecular complexity index is 478. The van der Waals surface area contributed by atoms with Gasteiger partial charge in [-0.25, -0.2) is 19.3 Å². The first-order valence-corrected chi connectivity index (χ1v) is 4.27. The molecular weight excluding hydrogens is 195 g/mol. The molecule has 2 aromatic rings. The maximum Gasteiger partial charge on any atom is 0.205 e. The second-order valence-corrected chi connectivity index (χ2v) is 2.76. The van der Waals surface area contributed by atoms with E-state index in [-0.39, 0.29) is 0 Å². The highest BCUT2D eigenvalue weighted by atomic mass is 19.1. The summed E-state index contributed by atoms with van der Waals surface area (Å²) in [6, 6.07) is 0. The van der Waals surface area contributed by atoms with Crippen molar-refractivity contribution in [2.75, 3.05) is 0 Å². The highest BCUT2D eigenvalue weighted by Gasteiger charge is 1.91. The van der Waals surface area contributed by atoms with Crippen LogP contribution in [0, 0.1) is 17.7 Å². The lowest BCUT2D eigenvalue weighted by Gasteiger charge is -1.90. The van der Waals surface area contributed by atoms with Gasteiger partial charge in [-0.05, 0) is 5.92 Å². The molecule has 0 amide bonds. The summed E-state index contributed by atoms with van der Waals surface area (Å²) in [6.07, 6.45) is 7.33. The smallest absolute Gasteiger partial charge is 0.205 e. The van der Waals surface area contributed by atoms with Crippen molar-refractivity contribution in [2.24, 2.45) is 0 Å². The molecule has 0 aliphatic carbocycles. The van der Waals surface area contributed by atoms with Gasteiger partial charge in [-0.3, -0.25) is 0 Å². The zero-order valence-corrected chi connectivity index (χ0v) is 7.76. The summed E-state index contributed by atoms with van der Waals surface area (Å²) in [5.41, 5.74) is 0. The average molecular weight is 202 g/mol. The fourth-order valence-corrected chi connectivity index (χ4v) is 0.967. The van der Waals surface area contributed by atoms with Crippen LogP contribution in [0.3, 0.4) is 0 Å². The molecule has 0 aliphatic rings. The molecule has 5 heteroatoms. The van der Waals surface area contributed by atoms with Gasteiger partial charge in [-0.2, -0.15) is 0 Å². The van der Waals surface area contributed by atoms with Gasteiger partial charge in [-0.1, -0.05) is 5.92 Å². The second-order valence-electron chi connectivity index (χ2n) is 2.76. The Morgan fingerprint density at radius 2 is 2.13 bits per heavy atom. The number of imidazole rings is 1. The molecule has 0 N–H and O–H groups in total. The van der Waals surface area contributed by atoms with Gasteiger partial charge in [0.25, 0.3) is 0 Å². The molecule has 0 saturated heterocycles. The second kappa shape index (κ2) is 4.33. The first kappa shape index (κ1) is 9.34. The van der Waals surface area contributed by atoms with Crippen molar-refractivity contribution >= 4 is 0 Å². The van der Waals surface area contributed by atoms with Gasteiger partial charge in [0, 0.05) is 12.4 Å². The summed E-state index contributed by atoms with van der Waals surface area (Å²) in [4.78, 5) is 11.3. The topological polar surface area (TPSA) is 43.6 Å². The minimum absolute atomic E-state index is 0.316. The van der Waals surface area contributed by atoms with E-state index in [9.17, 15) is 4.39 Å². The van der Waals surface area contributed by atoms with E-state index in [4.69, 9.17) is 0 Å². The predicted octanol–water partition coefficient (Wildman–Crippen LogP) is 0.864. The molecule has 2 aromatic heterocycles. The molecule has 2 rings (SSSR count). The van der Waals surface area contributed by atoms with Crippen molar-refractivity contribution in [1.29, 1.82) is 0 Å². The van der Waals surface area contributed by atoms with E-state index >= 15 is 0 Å². The third kappa shape index (κ3) is 2.61. The molecule has 0 aliphatic heterocycles.